The summed E-state index contributed by atoms with van der Waals surface area (Å²) in [6.07, 6.45) is 0. The molecule has 0 heterocycles. The first-order valence-corrected chi connectivity index (χ1v) is 5.03. The van der Waals surface area contributed by atoms with Crippen LogP contribution in [0.1, 0.15) is 25.3 Å². The van der Waals surface area contributed by atoms with Gasteiger partial charge in [0.15, 0.2) is 0 Å². The predicted molar refractivity (Wildman–Crippen MR) is 55.5 cm³/mol. The zero-order valence-electron chi connectivity index (χ0n) is 8.63. The van der Waals surface area contributed by atoms with Crippen LogP contribution in [0.5, 0.6) is 0 Å². The van der Waals surface area contributed by atoms with E-state index in [1.54, 1.807) is 12.1 Å². The first kappa shape index (κ1) is 9.66. The molecule has 14 heavy (non-hydrogen) atoms. The van der Waals surface area contributed by atoms with E-state index in [1.165, 1.54) is 6.07 Å². The van der Waals surface area contributed by atoms with Crippen molar-refractivity contribution in [1.29, 1.82) is 0 Å². The third-order valence-corrected chi connectivity index (χ3v) is 3.51. The van der Waals surface area contributed by atoms with Gasteiger partial charge in [-0.2, -0.15) is 0 Å². The summed E-state index contributed by atoms with van der Waals surface area (Å²) in [6.45, 7) is 5.08. The van der Waals surface area contributed by atoms with Crippen LogP contribution in [0.15, 0.2) is 24.3 Å². The number of halogens is 1. The van der Waals surface area contributed by atoms with Crippen LogP contribution in [0.4, 0.5) is 4.39 Å². The maximum atomic E-state index is 13.0. The van der Waals surface area contributed by atoms with Gasteiger partial charge in [-0.15, -0.1) is 0 Å². The number of hydrogen-bond acceptors (Lipinski definition) is 1. The monoisotopic (exact) mass is 193 g/mol. The van der Waals surface area contributed by atoms with Gasteiger partial charge in [-0.3, -0.25) is 0 Å². The lowest BCUT2D eigenvalue weighted by Gasteiger charge is -2.02. The van der Waals surface area contributed by atoms with Crippen LogP contribution in [0.25, 0.3) is 0 Å². The van der Waals surface area contributed by atoms with Gasteiger partial charge in [0.2, 0.25) is 0 Å². The van der Waals surface area contributed by atoms with Gasteiger partial charge >= 0.3 is 0 Å². The van der Waals surface area contributed by atoms with Crippen LogP contribution in [0.3, 0.4) is 0 Å². The average Bonchev–Trinajstić information content (AvgIpc) is 2.68. The Morgan fingerprint density at radius 3 is 2.64 bits per heavy atom. The molecule has 2 heteroatoms. The minimum atomic E-state index is -0.152. The van der Waals surface area contributed by atoms with Gasteiger partial charge in [-0.05, 0) is 41.5 Å². The normalized spacial score (nSPS) is 28.9. The third kappa shape index (κ3) is 1.34. The van der Waals surface area contributed by atoms with Crippen molar-refractivity contribution < 1.29 is 4.39 Å². The van der Waals surface area contributed by atoms with Crippen LogP contribution in [0, 0.1) is 17.2 Å². The molecular formula is C12H16FN. The standard InChI is InChI=1S/C12H16FN/c1-12(2)10(7-14)11(12)8-4-3-5-9(13)6-8/h3-6,10-11H,7,14H2,1-2H3. The van der Waals surface area contributed by atoms with Crippen molar-refractivity contribution in [3.8, 4) is 0 Å². The first-order chi connectivity index (χ1) is 6.57. The number of rotatable bonds is 2. The van der Waals surface area contributed by atoms with Crippen LogP contribution in [-0.2, 0) is 0 Å². The number of hydrogen-bond donors (Lipinski definition) is 1. The minimum absolute atomic E-state index is 0.152. The number of benzene rings is 1. The Kier molecular flexibility index (Phi) is 2.11. The average molecular weight is 193 g/mol. The summed E-state index contributed by atoms with van der Waals surface area (Å²) >= 11 is 0. The predicted octanol–water partition coefficient (Wildman–Crippen LogP) is 2.52. The van der Waals surface area contributed by atoms with Crippen molar-refractivity contribution in [2.24, 2.45) is 17.1 Å². The molecule has 1 aliphatic rings. The van der Waals surface area contributed by atoms with Crippen molar-refractivity contribution in [2.45, 2.75) is 19.8 Å². The Labute approximate surface area is 84.1 Å². The molecule has 0 saturated heterocycles. The summed E-state index contributed by atoms with van der Waals surface area (Å²) in [7, 11) is 0. The van der Waals surface area contributed by atoms with Gasteiger partial charge in [-0.25, -0.2) is 4.39 Å². The second kappa shape index (κ2) is 3.06. The van der Waals surface area contributed by atoms with Crippen molar-refractivity contribution in [2.75, 3.05) is 6.54 Å². The van der Waals surface area contributed by atoms with Crippen molar-refractivity contribution in [1.82, 2.24) is 0 Å². The lowest BCUT2D eigenvalue weighted by molar-refractivity contribution is 0.558. The maximum absolute atomic E-state index is 13.0. The molecule has 1 aromatic rings. The van der Waals surface area contributed by atoms with Gasteiger partial charge in [0, 0.05) is 0 Å². The van der Waals surface area contributed by atoms with Crippen LogP contribution in [0.2, 0.25) is 0 Å². The van der Waals surface area contributed by atoms with Gasteiger partial charge in [0.1, 0.15) is 5.82 Å². The lowest BCUT2D eigenvalue weighted by Crippen LogP contribution is -2.05. The SMILES string of the molecule is CC1(C)C(CN)C1c1cccc(F)c1. The van der Waals surface area contributed by atoms with Crippen molar-refractivity contribution in [3.05, 3.63) is 35.6 Å². The summed E-state index contributed by atoms with van der Waals surface area (Å²) in [6, 6.07) is 6.87. The Hall–Kier alpha value is -0.890. The second-order valence-electron chi connectivity index (χ2n) is 4.70. The highest BCUT2D eigenvalue weighted by atomic mass is 19.1. The molecule has 2 rings (SSSR count). The lowest BCUT2D eigenvalue weighted by atomic mass is 10.0. The van der Waals surface area contributed by atoms with E-state index in [1.807, 2.05) is 6.07 Å². The molecular weight excluding hydrogens is 177 g/mol. The Morgan fingerprint density at radius 2 is 2.14 bits per heavy atom. The molecule has 1 nitrogen and oxygen atoms in total. The van der Waals surface area contributed by atoms with Crippen LogP contribution >= 0.6 is 0 Å². The molecule has 0 amide bonds. The Balaban J connectivity index is 2.26. The van der Waals surface area contributed by atoms with Gasteiger partial charge < -0.3 is 5.73 Å². The molecule has 0 aromatic heterocycles. The van der Waals surface area contributed by atoms with E-state index in [9.17, 15) is 4.39 Å². The molecule has 0 radical (unpaired) electrons. The topological polar surface area (TPSA) is 26.0 Å². The molecule has 1 aromatic carbocycles. The molecule has 2 atom stereocenters. The van der Waals surface area contributed by atoms with Gasteiger partial charge in [0.05, 0.1) is 0 Å². The van der Waals surface area contributed by atoms with Gasteiger partial charge in [-0.1, -0.05) is 26.0 Å². The smallest absolute Gasteiger partial charge is 0.123 e. The van der Waals surface area contributed by atoms with E-state index < -0.39 is 0 Å². The van der Waals surface area contributed by atoms with Crippen molar-refractivity contribution in [3.63, 3.8) is 0 Å². The zero-order valence-corrected chi connectivity index (χ0v) is 8.63. The van der Waals surface area contributed by atoms with E-state index >= 15 is 0 Å². The molecule has 1 saturated carbocycles. The van der Waals surface area contributed by atoms with Crippen molar-refractivity contribution >= 4 is 0 Å². The summed E-state index contributed by atoms with van der Waals surface area (Å²) in [5.41, 5.74) is 7.01. The first-order valence-electron chi connectivity index (χ1n) is 5.03. The van der Waals surface area contributed by atoms with E-state index in [0.29, 0.717) is 18.4 Å². The molecule has 0 aliphatic heterocycles. The molecule has 1 aliphatic carbocycles. The summed E-state index contributed by atoms with van der Waals surface area (Å²) < 4.78 is 13.0. The second-order valence-corrected chi connectivity index (χ2v) is 4.70. The third-order valence-electron chi connectivity index (χ3n) is 3.51. The zero-order chi connectivity index (χ0) is 10.3. The summed E-state index contributed by atoms with van der Waals surface area (Å²) in [4.78, 5) is 0. The molecule has 0 bridgehead atoms. The Morgan fingerprint density at radius 1 is 1.43 bits per heavy atom. The number of nitrogens with two attached hydrogens (primary N) is 1. The summed E-state index contributed by atoms with van der Waals surface area (Å²) in [5, 5.41) is 0. The molecule has 1 fully saturated rings. The molecule has 0 spiro atoms. The quantitative estimate of drug-likeness (QED) is 0.767. The summed E-state index contributed by atoms with van der Waals surface area (Å²) in [5.74, 6) is 0.786. The fourth-order valence-corrected chi connectivity index (χ4v) is 2.55. The maximum Gasteiger partial charge on any atom is 0.123 e. The fourth-order valence-electron chi connectivity index (χ4n) is 2.55. The van der Waals surface area contributed by atoms with E-state index in [4.69, 9.17) is 5.73 Å². The highest BCUT2D eigenvalue weighted by Crippen LogP contribution is 2.63. The largest absolute Gasteiger partial charge is 0.330 e. The fraction of sp³-hybridized carbons (Fsp3) is 0.500. The minimum Gasteiger partial charge on any atom is -0.330 e. The Bertz CT molecular complexity index is 346. The van der Waals surface area contributed by atoms with E-state index in [0.717, 1.165) is 5.56 Å². The van der Waals surface area contributed by atoms with E-state index in [2.05, 4.69) is 13.8 Å². The van der Waals surface area contributed by atoms with Gasteiger partial charge in [0.25, 0.3) is 0 Å². The highest BCUT2D eigenvalue weighted by molar-refractivity contribution is 5.32. The molecule has 2 N–H and O–H groups in total. The van der Waals surface area contributed by atoms with E-state index in [-0.39, 0.29) is 11.2 Å². The molecule has 76 valence electrons. The van der Waals surface area contributed by atoms with Crippen LogP contribution in [-0.4, -0.2) is 6.54 Å². The molecule has 2 unspecified atom stereocenters. The van der Waals surface area contributed by atoms with Crippen LogP contribution < -0.4 is 5.73 Å². The highest BCUT2D eigenvalue weighted by Gasteiger charge is 2.57.